The van der Waals surface area contributed by atoms with Gasteiger partial charge in [0, 0.05) is 20.3 Å². The Bertz CT molecular complexity index is 898. The molecule has 3 rings (SSSR count). The Kier molecular flexibility index (Phi) is 6.51. The van der Waals surface area contributed by atoms with Crippen LogP contribution < -0.4 is 4.74 Å². The van der Waals surface area contributed by atoms with E-state index < -0.39 is 23.5 Å². The number of ketones is 1. The number of amides is 1. The first kappa shape index (κ1) is 20.4. The Morgan fingerprint density at radius 1 is 1.31 bits per heavy atom. The van der Waals surface area contributed by atoms with Crippen molar-refractivity contribution in [1.29, 1.82) is 0 Å². The van der Waals surface area contributed by atoms with Gasteiger partial charge < -0.3 is 23.9 Å². The minimum atomic E-state index is -0.731. The summed E-state index contributed by atoms with van der Waals surface area (Å²) in [4.78, 5) is 27.2. The number of nitrogens with zero attached hydrogens (tertiary/aromatic N) is 1. The third kappa shape index (κ3) is 4.25. The fourth-order valence-corrected chi connectivity index (χ4v) is 3.28. The highest BCUT2D eigenvalue weighted by Crippen LogP contribution is 2.39. The molecule has 1 aliphatic heterocycles. The lowest BCUT2D eigenvalue weighted by molar-refractivity contribution is -0.129. The lowest BCUT2D eigenvalue weighted by Gasteiger charge is -2.26. The van der Waals surface area contributed by atoms with Crippen LogP contribution in [0.4, 0.5) is 0 Å². The standard InChI is InChI=1S/C22H23NO6/c1-3-12-28-16-9-7-15(8-10-16)19-18(20(24)17-6-4-14-29-17)21(25)22(26)23(19)11-5-13-27-2/h3-4,6-10,14,19,25H,1,5,11-13H2,2H3/t19-/m1/s1. The maximum atomic E-state index is 13.0. The van der Waals surface area contributed by atoms with E-state index in [0.29, 0.717) is 37.5 Å². The molecule has 0 fully saturated rings. The molecule has 7 heteroatoms. The van der Waals surface area contributed by atoms with E-state index in [1.54, 1.807) is 43.5 Å². The number of furan rings is 1. The molecule has 1 N–H and O–H groups in total. The van der Waals surface area contributed by atoms with Gasteiger partial charge in [-0.2, -0.15) is 0 Å². The van der Waals surface area contributed by atoms with E-state index in [9.17, 15) is 14.7 Å². The number of aliphatic hydroxyl groups is 1. The number of aliphatic hydroxyl groups excluding tert-OH is 1. The average molecular weight is 397 g/mol. The zero-order chi connectivity index (χ0) is 20.8. The number of carbonyl (C=O) groups is 2. The van der Waals surface area contributed by atoms with Crippen molar-refractivity contribution in [2.45, 2.75) is 12.5 Å². The third-order valence-corrected chi connectivity index (χ3v) is 4.60. The minimum absolute atomic E-state index is 0.00197. The molecular weight excluding hydrogens is 374 g/mol. The molecule has 0 unspecified atom stereocenters. The Morgan fingerprint density at radius 3 is 2.69 bits per heavy atom. The number of rotatable bonds is 10. The lowest BCUT2D eigenvalue weighted by Crippen LogP contribution is -2.32. The second kappa shape index (κ2) is 9.25. The Balaban J connectivity index is 1.97. The smallest absolute Gasteiger partial charge is 0.290 e. The zero-order valence-electron chi connectivity index (χ0n) is 16.2. The molecule has 0 saturated heterocycles. The number of Topliss-reactive ketones (excluding diaryl/α,β-unsaturated/α-hetero) is 1. The van der Waals surface area contributed by atoms with Crippen LogP contribution in [-0.4, -0.2) is 48.6 Å². The molecule has 1 atom stereocenters. The van der Waals surface area contributed by atoms with Gasteiger partial charge in [0.1, 0.15) is 12.4 Å². The monoisotopic (exact) mass is 397 g/mol. The Labute approximate surface area is 168 Å². The fraction of sp³-hybridized carbons (Fsp3) is 0.273. The number of hydrogen-bond acceptors (Lipinski definition) is 6. The van der Waals surface area contributed by atoms with E-state index in [1.807, 2.05) is 0 Å². The summed E-state index contributed by atoms with van der Waals surface area (Å²) in [7, 11) is 1.58. The highest BCUT2D eigenvalue weighted by Gasteiger charge is 2.44. The summed E-state index contributed by atoms with van der Waals surface area (Å²) in [6.45, 7) is 4.76. The van der Waals surface area contributed by atoms with Gasteiger partial charge in [0.05, 0.1) is 17.9 Å². The predicted octanol–water partition coefficient (Wildman–Crippen LogP) is 3.46. The van der Waals surface area contributed by atoms with Crippen molar-refractivity contribution in [2.24, 2.45) is 0 Å². The molecule has 0 radical (unpaired) electrons. The van der Waals surface area contributed by atoms with Crippen LogP contribution in [0.15, 0.2) is 71.1 Å². The first-order valence-electron chi connectivity index (χ1n) is 9.23. The summed E-state index contributed by atoms with van der Waals surface area (Å²) in [5, 5.41) is 10.5. The Hall–Kier alpha value is -3.32. The zero-order valence-corrected chi connectivity index (χ0v) is 16.2. The quantitative estimate of drug-likeness (QED) is 0.375. The van der Waals surface area contributed by atoms with E-state index in [2.05, 4.69) is 6.58 Å². The number of carbonyl (C=O) groups excluding carboxylic acids is 2. The molecule has 0 saturated carbocycles. The van der Waals surface area contributed by atoms with Gasteiger partial charge in [-0.05, 0) is 36.2 Å². The first-order chi connectivity index (χ1) is 14.1. The molecule has 1 aliphatic rings. The summed E-state index contributed by atoms with van der Waals surface area (Å²) in [6, 6.07) is 9.40. The van der Waals surface area contributed by atoms with Crippen LogP contribution in [0.5, 0.6) is 5.75 Å². The second-order valence-electron chi connectivity index (χ2n) is 6.48. The molecular formula is C22H23NO6. The molecule has 2 heterocycles. The molecule has 2 aromatic rings. The van der Waals surface area contributed by atoms with Crippen molar-refractivity contribution in [1.82, 2.24) is 4.90 Å². The van der Waals surface area contributed by atoms with Gasteiger partial charge in [0.2, 0.25) is 5.78 Å². The van der Waals surface area contributed by atoms with Crippen LogP contribution in [0.25, 0.3) is 0 Å². The maximum absolute atomic E-state index is 13.0. The largest absolute Gasteiger partial charge is 0.503 e. The lowest BCUT2D eigenvalue weighted by atomic mass is 9.95. The second-order valence-corrected chi connectivity index (χ2v) is 6.48. The van der Waals surface area contributed by atoms with Crippen LogP contribution >= 0.6 is 0 Å². The van der Waals surface area contributed by atoms with Gasteiger partial charge in [-0.15, -0.1) is 0 Å². The predicted molar refractivity (Wildman–Crippen MR) is 106 cm³/mol. The van der Waals surface area contributed by atoms with Gasteiger partial charge in [-0.1, -0.05) is 24.8 Å². The van der Waals surface area contributed by atoms with Crippen molar-refractivity contribution in [3.05, 3.63) is 78.0 Å². The van der Waals surface area contributed by atoms with Crippen molar-refractivity contribution in [3.8, 4) is 5.75 Å². The maximum Gasteiger partial charge on any atom is 0.290 e. The number of methoxy groups -OCH3 is 1. The topological polar surface area (TPSA) is 89.2 Å². The van der Waals surface area contributed by atoms with Crippen LogP contribution in [0.2, 0.25) is 0 Å². The highest BCUT2D eigenvalue weighted by molar-refractivity contribution is 6.15. The van der Waals surface area contributed by atoms with Crippen molar-refractivity contribution in [3.63, 3.8) is 0 Å². The van der Waals surface area contributed by atoms with E-state index in [0.717, 1.165) is 0 Å². The molecule has 0 bridgehead atoms. The minimum Gasteiger partial charge on any atom is -0.503 e. The number of benzene rings is 1. The summed E-state index contributed by atoms with van der Waals surface area (Å²) >= 11 is 0. The molecule has 1 amide bonds. The van der Waals surface area contributed by atoms with Gasteiger partial charge in [0.25, 0.3) is 5.91 Å². The molecule has 1 aromatic heterocycles. The van der Waals surface area contributed by atoms with Crippen LogP contribution in [-0.2, 0) is 9.53 Å². The third-order valence-electron chi connectivity index (χ3n) is 4.60. The van der Waals surface area contributed by atoms with Gasteiger partial charge in [-0.25, -0.2) is 0 Å². The molecule has 152 valence electrons. The average Bonchev–Trinajstić information content (AvgIpc) is 3.35. The summed E-state index contributed by atoms with van der Waals surface area (Å²) < 4.78 is 15.8. The number of ether oxygens (including phenoxy) is 2. The summed E-state index contributed by atoms with van der Waals surface area (Å²) in [5.74, 6) is -0.967. The molecule has 0 aliphatic carbocycles. The van der Waals surface area contributed by atoms with Crippen molar-refractivity contribution in [2.75, 3.05) is 26.9 Å². The van der Waals surface area contributed by atoms with Crippen molar-refractivity contribution < 1.29 is 28.6 Å². The summed E-state index contributed by atoms with van der Waals surface area (Å²) in [5.41, 5.74) is 0.683. The van der Waals surface area contributed by atoms with Crippen LogP contribution in [0.1, 0.15) is 28.6 Å². The molecule has 7 nitrogen and oxygen atoms in total. The molecule has 0 spiro atoms. The first-order valence-corrected chi connectivity index (χ1v) is 9.23. The van der Waals surface area contributed by atoms with E-state index in [-0.39, 0.29) is 11.3 Å². The van der Waals surface area contributed by atoms with E-state index in [1.165, 1.54) is 17.2 Å². The van der Waals surface area contributed by atoms with Gasteiger partial charge in [-0.3, -0.25) is 9.59 Å². The van der Waals surface area contributed by atoms with E-state index >= 15 is 0 Å². The van der Waals surface area contributed by atoms with Crippen molar-refractivity contribution >= 4 is 11.7 Å². The normalized spacial score (nSPS) is 16.4. The van der Waals surface area contributed by atoms with Crippen LogP contribution in [0, 0.1) is 0 Å². The Morgan fingerprint density at radius 2 is 2.07 bits per heavy atom. The molecule has 1 aromatic carbocycles. The van der Waals surface area contributed by atoms with Crippen LogP contribution in [0.3, 0.4) is 0 Å². The highest BCUT2D eigenvalue weighted by atomic mass is 16.5. The summed E-state index contributed by atoms with van der Waals surface area (Å²) in [6.07, 6.45) is 3.58. The van der Waals surface area contributed by atoms with Gasteiger partial charge in [0.15, 0.2) is 11.5 Å². The fourth-order valence-electron chi connectivity index (χ4n) is 3.28. The molecule has 29 heavy (non-hydrogen) atoms. The SMILES string of the molecule is C=CCOc1ccc([C@@H]2C(C(=O)c3ccco3)=C(O)C(=O)N2CCCOC)cc1. The number of hydrogen-bond donors (Lipinski definition) is 1. The van der Waals surface area contributed by atoms with Gasteiger partial charge >= 0.3 is 0 Å². The van der Waals surface area contributed by atoms with E-state index in [4.69, 9.17) is 13.9 Å².